The minimum absolute atomic E-state index is 0.227. The van der Waals surface area contributed by atoms with Crippen molar-refractivity contribution in [2.75, 3.05) is 26.5 Å². The first kappa shape index (κ1) is 29.5. The lowest BCUT2D eigenvalue weighted by atomic mass is 9.85. The van der Waals surface area contributed by atoms with Gasteiger partial charge in [0.25, 0.3) is 0 Å². The van der Waals surface area contributed by atoms with Crippen LogP contribution in [0.3, 0.4) is 0 Å². The highest BCUT2D eigenvalue weighted by molar-refractivity contribution is 6.76. The van der Waals surface area contributed by atoms with Crippen LogP contribution in [0, 0.1) is 5.82 Å². The standard InChI is InChI=1S/C35H42FNO3Si/c1-41(2,3)21-20-38-27-39-34-17-12-30-11-10-29(22-31(30)23-34)25-40-35(32-13-15-33(36)16-14-32)18-7-19-37(26-35)24-28-8-5-4-6-9-28/h4-6,8-17,22-23H,7,18-21,24-27H2,1-3H3. The molecular formula is C35H42FNO3Si. The molecule has 4 aromatic rings. The summed E-state index contributed by atoms with van der Waals surface area (Å²) >= 11 is 0. The van der Waals surface area contributed by atoms with Gasteiger partial charge in [0.05, 0.1) is 6.61 Å². The summed E-state index contributed by atoms with van der Waals surface area (Å²) in [4.78, 5) is 2.46. The molecule has 1 saturated heterocycles. The monoisotopic (exact) mass is 571 g/mol. The van der Waals surface area contributed by atoms with E-state index in [9.17, 15) is 4.39 Å². The number of ether oxygens (including phenoxy) is 3. The van der Waals surface area contributed by atoms with E-state index in [-0.39, 0.29) is 12.6 Å². The van der Waals surface area contributed by atoms with Crippen molar-refractivity contribution < 1.29 is 18.6 Å². The number of halogens is 1. The summed E-state index contributed by atoms with van der Waals surface area (Å²) in [5.74, 6) is 0.574. The van der Waals surface area contributed by atoms with Gasteiger partial charge in [0, 0.05) is 27.8 Å². The van der Waals surface area contributed by atoms with E-state index in [1.807, 2.05) is 24.3 Å². The molecule has 0 amide bonds. The Balaban J connectivity index is 1.29. The number of rotatable bonds is 12. The average molecular weight is 572 g/mol. The maximum absolute atomic E-state index is 13.9. The predicted molar refractivity (Wildman–Crippen MR) is 167 cm³/mol. The van der Waals surface area contributed by atoms with Crippen molar-refractivity contribution in [2.24, 2.45) is 0 Å². The van der Waals surface area contributed by atoms with Crippen LogP contribution in [0.5, 0.6) is 5.75 Å². The van der Waals surface area contributed by atoms with Crippen LogP contribution in [0.4, 0.5) is 4.39 Å². The molecular weight excluding hydrogens is 529 g/mol. The lowest BCUT2D eigenvalue weighted by Crippen LogP contribution is -2.47. The zero-order valence-corrected chi connectivity index (χ0v) is 25.6. The molecule has 41 heavy (non-hydrogen) atoms. The molecule has 1 atom stereocenters. The Bertz CT molecular complexity index is 1410. The van der Waals surface area contributed by atoms with E-state index in [1.165, 1.54) is 5.56 Å². The Hall–Kier alpha value is -3.03. The normalized spacial score (nSPS) is 18.0. The van der Waals surface area contributed by atoms with Gasteiger partial charge in [0.1, 0.15) is 17.2 Å². The molecule has 6 heteroatoms. The van der Waals surface area contributed by atoms with E-state index < -0.39 is 13.7 Å². The first-order valence-electron chi connectivity index (χ1n) is 14.7. The van der Waals surface area contributed by atoms with Crippen LogP contribution in [0.2, 0.25) is 25.7 Å². The highest BCUT2D eigenvalue weighted by Gasteiger charge is 2.38. The Morgan fingerprint density at radius 1 is 0.854 bits per heavy atom. The molecule has 1 aliphatic rings. The third kappa shape index (κ3) is 8.26. The fraction of sp³-hybridized carbons (Fsp3) is 0.371. The molecule has 0 aliphatic carbocycles. The smallest absolute Gasteiger partial charge is 0.189 e. The Kier molecular flexibility index (Phi) is 9.55. The van der Waals surface area contributed by atoms with Crippen molar-refractivity contribution in [3.8, 4) is 5.75 Å². The van der Waals surface area contributed by atoms with Crippen LogP contribution in [-0.4, -0.2) is 39.5 Å². The van der Waals surface area contributed by atoms with Crippen LogP contribution in [0.25, 0.3) is 10.8 Å². The van der Waals surface area contributed by atoms with Crippen LogP contribution >= 0.6 is 0 Å². The summed E-state index contributed by atoms with van der Waals surface area (Å²) in [5.41, 5.74) is 2.91. The third-order valence-electron chi connectivity index (χ3n) is 7.85. The van der Waals surface area contributed by atoms with Crippen molar-refractivity contribution >= 4 is 18.8 Å². The van der Waals surface area contributed by atoms with E-state index in [1.54, 1.807) is 12.1 Å². The van der Waals surface area contributed by atoms with Gasteiger partial charge in [-0.1, -0.05) is 80.3 Å². The van der Waals surface area contributed by atoms with Gasteiger partial charge in [0.2, 0.25) is 0 Å². The second kappa shape index (κ2) is 13.3. The van der Waals surface area contributed by atoms with E-state index >= 15 is 0 Å². The van der Waals surface area contributed by atoms with E-state index in [0.717, 1.165) is 72.8 Å². The van der Waals surface area contributed by atoms with Crippen molar-refractivity contribution in [2.45, 2.75) is 57.3 Å². The fourth-order valence-electron chi connectivity index (χ4n) is 5.50. The molecule has 0 saturated carbocycles. The van der Waals surface area contributed by atoms with Crippen molar-refractivity contribution in [1.82, 2.24) is 4.90 Å². The minimum Gasteiger partial charge on any atom is -0.468 e. The number of hydrogen-bond donors (Lipinski definition) is 0. The Labute approximate surface area is 245 Å². The summed E-state index contributed by atoms with van der Waals surface area (Å²) in [7, 11) is -1.11. The molecule has 0 N–H and O–H groups in total. The number of nitrogens with zero attached hydrogens (tertiary/aromatic N) is 1. The third-order valence-corrected chi connectivity index (χ3v) is 9.55. The molecule has 5 rings (SSSR count). The molecule has 1 aliphatic heterocycles. The highest BCUT2D eigenvalue weighted by Crippen LogP contribution is 2.37. The molecule has 216 valence electrons. The van der Waals surface area contributed by atoms with Crippen LogP contribution in [0.1, 0.15) is 29.5 Å². The number of benzene rings is 4. The first-order valence-corrected chi connectivity index (χ1v) is 18.4. The van der Waals surface area contributed by atoms with Crippen molar-refractivity contribution in [3.05, 3.63) is 114 Å². The SMILES string of the molecule is C[Si](C)(C)CCOCOc1ccc2ccc(COC3(c4ccc(F)cc4)CCCN(Cc4ccccc4)C3)cc2c1. The van der Waals surface area contributed by atoms with Gasteiger partial charge < -0.3 is 14.2 Å². The number of fused-ring (bicyclic) bond motifs is 1. The van der Waals surface area contributed by atoms with Gasteiger partial charge >= 0.3 is 0 Å². The zero-order valence-electron chi connectivity index (χ0n) is 24.6. The second-order valence-electron chi connectivity index (χ2n) is 12.4. The molecule has 1 fully saturated rings. The number of likely N-dealkylation sites (tertiary alicyclic amines) is 1. The van der Waals surface area contributed by atoms with Gasteiger partial charge in [-0.05, 0) is 83.2 Å². The summed E-state index contributed by atoms with van der Waals surface area (Å²) in [6.07, 6.45) is 1.91. The zero-order chi connectivity index (χ0) is 28.7. The van der Waals surface area contributed by atoms with E-state index in [4.69, 9.17) is 14.2 Å². The topological polar surface area (TPSA) is 30.9 Å². The largest absolute Gasteiger partial charge is 0.468 e. The van der Waals surface area contributed by atoms with Gasteiger partial charge in [0.15, 0.2) is 6.79 Å². The Morgan fingerprint density at radius 3 is 2.41 bits per heavy atom. The highest BCUT2D eigenvalue weighted by atomic mass is 28.3. The molecule has 4 nitrogen and oxygen atoms in total. The average Bonchev–Trinajstić information content (AvgIpc) is 2.96. The summed E-state index contributed by atoms with van der Waals surface area (Å²) in [6.45, 7) is 11.2. The molecule has 4 aromatic carbocycles. The number of hydrogen-bond acceptors (Lipinski definition) is 4. The maximum Gasteiger partial charge on any atom is 0.189 e. The summed E-state index contributed by atoms with van der Waals surface area (Å²) < 4.78 is 32.3. The molecule has 1 unspecified atom stereocenters. The van der Waals surface area contributed by atoms with Gasteiger partial charge in [-0.2, -0.15) is 0 Å². The fourth-order valence-corrected chi connectivity index (χ4v) is 6.25. The second-order valence-corrected chi connectivity index (χ2v) is 18.0. The molecule has 0 radical (unpaired) electrons. The molecule has 1 heterocycles. The summed E-state index contributed by atoms with van der Waals surface area (Å²) in [6, 6.07) is 31.1. The summed E-state index contributed by atoms with van der Waals surface area (Å²) in [5, 5.41) is 2.26. The minimum atomic E-state index is -1.11. The van der Waals surface area contributed by atoms with E-state index in [0.29, 0.717) is 6.61 Å². The quantitative estimate of drug-likeness (QED) is 0.0971. The molecule has 0 aromatic heterocycles. The van der Waals surface area contributed by atoms with Gasteiger partial charge in [-0.25, -0.2) is 4.39 Å². The first-order chi connectivity index (χ1) is 19.8. The van der Waals surface area contributed by atoms with Crippen molar-refractivity contribution in [3.63, 3.8) is 0 Å². The van der Waals surface area contributed by atoms with Gasteiger partial charge in [-0.15, -0.1) is 0 Å². The Morgan fingerprint density at radius 2 is 1.63 bits per heavy atom. The van der Waals surface area contributed by atoms with E-state index in [2.05, 4.69) is 79.1 Å². The number of piperidine rings is 1. The predicted octanol–water partition coefficient (Wildman–Crippen LogP) is 8.38. The van der Waals surface area contributed by atoms with Crippen molar-refractivity contribution in [1.29, 1.82) is 0 Å². The molecule has 0 spiro atoms. The van der Waals surface area contributed by atoms with Gasteiger partial charge in [-0.3, -0.25) is 4.90 Å². The van der Waals surface area contributed by atoms with Crippen LogP contribution in [0.15, 0.2) is 91.0 Å². The molecule has 0 bridgehead atoms. The maximum atomic E-state index is 13.9. The lowest BCUT2D eigenvalue weighted by Gasteiger charge is -2.43. The van der Waals surface area contributed by atoms with Crippen LogP contribution in [-0.2, 0) is 28.2 Å². The lowest BCUT2D eigenvalue weighted by molar-refractivity contribution is -0.107. The van der Waals surface area contributed by atoms with Crippen LogP contribution < -0.4 is 4.74 Å².